The van der Waals surface area contributed by atoms with Crippen LogP contribution in [0.5, 0.6) is 11.8 Å². The van der Waals surface area contributed by atoms with Crippen LogP contribution >= 0.6 is 15.9 Å². The molecule has 0 aliphatic carbocycles. The smallest absolute Gasteiger partial charge is 0.336 e. The van der Waals surface area contributed by atoms with Crippen LogP contribution in [0.3, 0.4) is 0 Å². The van der Waals surface area contributed by atoms with Gasteiger partial charge < -0.3 is 18.6 Å². The number of hydrogen-bond donors (Lipinski definition) is 1. The molecule has 0 unspecified atom stereocenters. The lowest BCUT2D eigenvalue weighted by atomic mass is 10.3. The first-order valence-electron chi connectivity index (χ1n) is 10.6. The highest BCUT2D eigenvalue weighted by molar-refractivity contribution is 9.10. The SMILES string of the molecule is CCOCCOc1nc(-c2ccco2)n(-c2ccc(NS(=O)(=O)c3cc(Br)ccc3OC)cc2)n1. The lowest BCUT2D eigenvalue weighted by Crippen LogP contribution is -2.14. The number of halogens is 1. The highest BCUT2D eigenvalue weighted by Gasteiger charge is 2.21. The van der Waals surface area contributed by atoms with Crippen molar-refractivity contribution in [1.29, 1.82) is 0 Å². The van der Waals surface area contributed by atoms with Gasteiger partial charge in [-0.2, -0.15) is 4.98 Å². The summed E-state index contributed by atoms with van der Waals surface area (Å²) < 4.78 is 52.3. The van der Waals surface area contributed by atoms with Crippen molar-refractivity contribution in [3.05, 3.63) is 65.3 Å². The van der Waals surface area contributed by atoms with E-state index in [0.717, 1.165) is 0 Å². The molecule has 0 amide bonds. The van der Waals surface area contributed by atoms with Crippen molar-refractivity contribution in [3.8, 4) is 29.0 Å². The third-order valence-electron chi connectivity index (χ3n) is 4.77. The zero-order chi connectivity index (χ0) is 24.8. The molecule has 4 rings (SSSR count). The normalized spacial score (nSPS) is 11.4. The van der Waals surface area contributed by atoms with Crippen LogP contribution in [0.4, 0.5) is 5.69 Å². The Labute approximate surface area is 211 Å². The first-order valence-corrected chi connectivity index (χ1v) is 12.9. The third kappa shape index (κ3) is 5.84. The molecule has 0 aliphatic rings. The van der Waals surface area contributed by atoms with Gasteiger partial charge in [0, 0.05) is 16.8 Å². The second kappa shape index (κ2) is 10.9. The van der Waals surface area contributed by atoms with Gasteiger partial charge >= 0.3 is 6.01 Å². The molecule has 0 bridgehead atoms. The van der Waals surface area contributed by atoms with E-state index in [4.69, 9.17) is 18.6 Å². The summed E-state index contributed by atoms with van der Waals surface area (Å²) in [6.07, 6.45) is 1.54. The molecule has 0 saturated carbocycles. The Hall–Kier alpha value is -3.35. The van der Waals surface area contributed by atoms with Gasteiger partial charge in [-0.1, -0.05) is 15.9 Å². The Morgan fingerprint density at radius 3 is 2.60 bits per heavy atom. The summed E-state index contributed by atoms with van der Waals surface area (Å²) >= 11 is 3.30. The molecular weight excluding hydrogens is 540 g/mol. The average molecular weight is 563 g/mol. The highest BCUT2D eigenvalue weighted by atomic mass is 79.9. The van der Waals surface area contributed by atoms with Crippen molar-refractivity contribution in [3.63, 3.8) is 0 Å². The molecule has 0 spiro atoms. The van der Waals surface area contributed by atoms with Gasteiger partial charge in [0.1, 0.15) is 17.3 Å². The van der Waals surface area contributed by atoms with Gasteiger partial charge in [-0.25, -0.2) is 13.1 Å². The lowest BCUT2D eigenvalue weighted by molar-refractivity contribution is 0.106. The van der Waals surface area contributed by atoms with E-state index < -0.39 is 10.0 Å². The van der Waals surface area contributed by atoms with Crippen LogP contribution in [0.1, 0.15) is 6.92 Å². The van der Waals surface area contributed by atoms with E-state index in [1.165, 1.54) is 19.4 Å². The number of nitrogens with zero attached hydrogens (tertiary/aromatic N) is 3. The number of sulfonamides is 1. The van der Waals surface area contributed by atoms with E-state index >= 15 is 0 Å². The van der Waals surface area contributed by atoms with Crippen LogP contribution in [-0.2, 0) is 14.8 Å². The number of aromatic nitrogens is 3. The molecule has 1 N–H and O–H groups in total. The maximum atomic E-state index is 13.0. The van der Waals surface area contributed by atoms with Crippen molar-refractivity contribution in [1.82, 2.24) is 14.8 Å². The Morgan fingerprint density at radius 1 is 1.11 bits per heavy atom. The molecule has 0 aliphatic heterocycles. The topological polar surface area (TPSA) is 118 Å². The fourth-order valence-corrected chi connectivity index (χ4v) is 4.94. The standard InChI is InChI=1S/C23H23BrN4O6S/c1-3-32-13-14-34-23-25-22(20-5-4-12-33-20)28(26-23)18-9-7-17(8-10-18)27-35(29,30)21-15-16(24)6-11-19(21)31-2/h4-12,15,27H,3,13-14H2,1-2H3. The second-order valence-electron chi connectivity index (χ2n) is 7.10. The zero-order valence-electron chi connectivity index (χ0n) is 19.0. The van der Waals surface area contributed by atoms with Crippen molar-refractivity contribution in [2.24, 2.45) is 0 Å². The molecule has 4 aromatic rings. The van der Waals surface area contributed by atoms with Crippen LogP contribution in [0.25, 0.3) is 17.3 Å². The Balaban J connectivity index is 1.59. The molecule has 0 saturated heterocycles. The molecule has 10 nitrogen and oxygen atoms in total. The summed E-state index contributed by atoms with van der Waals surface area (Å²) in [6.45, 7) is 3.21. The van der Waals surface area contributed by atoms with E-state index in [9.17, 15) is 8.42 Å². The fourth-order valence-electron chi connectivity index (χ4n) is 3.18. The van der Waals surface area contributed by atoms with Gasteiger partial charge in [0.25, 0.3) is 10.0 Å². The lowest BCUT2D eigenvalue weighted by Gasteiger charge is -2.12. The van der Waals surface area contributed by atoms with Crippen LogP contribution in [0.2, 0.25) is 0 Å². The first kappa shape index (κ1) is 24.8. The molecule has 2 aromatic carbocycles. The monoisotopic (exact) mass is 562 g/mol. The number of anilines is 1. The molecular formula is C23H23BrN4O6S. The number of ether oxygens (including phenoxy) is 3. The Morgan fingerprint density at radius 2 is 1.91 bits per heavy atom. The van der Waals surface area contributed by atoms with Gasteiger partial charge in [0.2, 0.25) is 5.82 Å². The van der Waals surface area contributed by atoms with Gasteiger partial charge in [0.15, 0.2) is 5.76 Å². The highest BCUT2D eigenvalue weighted by Crippen LogP contribution is 2.30. The minimum atomic E-state index is -3.90. The zero-order valence-corrected chi connectivity index (χ0v) is 21.4. The van der Waals surface area contributed by atoms with E-state index in [-0.39, 0.29) is 16.7 Å². The third-order valence-corrected chi connectivity index (χ3v) is 6.67. The summed E-state index contributed by atoms with van der Waals surface area (Å²) in [5.74, 6) is 1.18. The van der Waals surface area contributed by atoms with Gasteiger partial charge in [-0.05, 0) is 61.5 Å². The molecule has 2 heterocycles. The molecule has 0 fully saturated rings. The van der Waals surface area contributed by atoms with Crippen molar-refractivity contribution >= 4 is 31.6 Å². The van der Waals surface area contributed by atoms with Gasteiger partial charge in [0.05, 0.1) is 25.7 Å². The summed E-state index contributed by atoms with van der Waals surface area (Å²) in [7, 11) is -2.48. The first-order chi connectivity index (χ1) is 16.9. The Kier molecular flexibility index (Phi) is 7.73. The second-order valence-corrected chi connectivity index (χ2v) is 9.67. The minimum absolute atomic E-state index is 0.0173. The van der Waals surface area contributed by atoms with Crippen molar-refractivity contribution < 1.29 is 27.0 Å². The van der Waals surface area contributed by atoms with Crippen LogP contribution < -0.4 is 14.2 Å². The number of furan rings is 1. The number of methoxy groups -OCH3 is 1. The minimum Gasteiger partial charge on any atom is -0.495 e. The molecule has 2 aromatic heterocycles. The van der Waals surface area contributed by atoms with E-state index in [0.29, 0.717) is 47.3 Å². The quantitative estimate of drug-likeness (QED) is 0.265. The number of nitrogens with one attached hydrogen (secondary N) is 1. The summed E-state index contributed by atoms with van der Waals surface area (Å²) in [5, 5.41) is 4.43. The van der Waals surface area contributed by atoms with E-state index in [2.05, 4.69) is 30.7 Å². The molecule has 0 atom stereocenters. The van der Waals surface area contributed by atoms with Gasteiger partial charge in [-0.15, -0.1) is 5.10 Å². The predicted molar refractivity (Wildman–Crippen MR) is 133 cm³/mol. The van der Waals surface area contributed by atoms with Crippen molar-refractivity contribution in [2.75, 3.05) is 31.7 Å². The van der Waals surface area contributed by atoms with Gasteiger partial charge in [-0.3, -0.25) is 4.72 Å². The van der Waals surface area contributed by atoms with Crippen LogP contribution in [0.15, 0.2) is 74.6 Å². The molecule has 184 valence electrons. The Bertz CT molecular complexity index is 1370. The molecule has 35 heavy (non-hydrogen) atoms. The summed E-state index contributed by atoms with van der Waals surface area (Å²) in [6, 6.07) is 15.1. The van der Waals surface area contributed by atoms with Crippen molar-refractivity contribution in [2.45, 2.75) is 11.8 Å². The van der Waals surface area contributed by atoms with E-state index in [1.807, 2.05) is 6.92 Å². The molecule has 12 heteroatoms. The largest absolute Gasteiger partial charge is 0.495 e. The molecule has 0 radical (unpaired) electrons. The number of benzene rings is 2. The maximum absolute atomic E-state index is 13.0. The fraction of sp³-hybridized carbons (Fsp3) is 0.217. The maximum Gasteiger partial charge on any atom is 0.336 e. The van der Waals surface area contributed by atoms with Crippen LogP contribution in [-0.4, -0.2) is 50.1 Å². The predicted octanol–water partition coefficient (Wildman–Crippen LogP) is 4.51. The number of rotatable bonds is 11. The summed E-state index contributed by atoms with van der Waals surface area (Å²) in [5.41, 5.74) is 0.996. The average Bonchev–Trinajstić information content (AvgIpc) is 3.52. The number of hydrogen-bond acceptors (Lipinski definition) is 8. The summed E-state index contributed by atoms with van der Waals surface area (Å²) in [4.78, 5) is 4.44. The van der Waals surface area contributed by atoms with E-state index in [1.54, 1.807) is 53.2 Å². The van der Waals surface area contributed by atoms with Crippen LogP contribution in [0, 0.1) is 0 Å².